The molecule has 0 aromatic rings. The third kappa shape index (κ3) is 5.15. The standard InChI is InChI=1S/C12H25N3/c1-6-8-14-11(9-13)10-15(5)12(3,4)7-2/h11,14H,6-8,10H2,1-5H3. The van der Waals surface area contributed by atoms with Gasteiger partial charge in [0, 0.05) is 12.1 Å². The number of nitrogens with zero attached hydrogens (tertiary/aromatic N) is 2. The lowest BCUT2D eigenvalue weighted by Crippen LogP contribution is -2.47. The molecule has 0 heterocycles. The SMILES string of the molecule is CCCNC(C#N)CN(C)C(C)(C)CC. The van der Waals surface area contributed by atoms with Crippen molar-refractivity contribution in [2.45, 2.75) is 52.1 Å². The number of hydrogen-bond acceptors (Lipinski definition) is 3. The molecule has 3 heteroatoms. The molecule has 0 rings (SSSR count). The average molecular weight is 211 g/mol. The van der Waals surface area contributed by atoms with Gasteiger partial charge < -0.3 is 5.32 Å². The number of nitriles is 1. The largest absolute Gasteiger partial charge is 0.301 e. The van der Waals surface area contributed by atoms with Crippen molar-refractivity contribution in [2.24, 2.45) is 0 Å². The first-order valence-corrected chi connectivity index (χ1v) is 5.82. The minimum absolute atomic E-state index is 0.0548. The van der Waals surface area contributed by atoms with Crippen LogP contribution in [0.3, 0.4) is 0 Å². The van der Waals surface area contributed by atoms with Crippen molar-refractivity contribution < 1.29 is 0 Å². The highest BCUT2D eigenvalue weighted by Crippen LogP contribution is 2.16. The lowest BCUT2D eigenvalue weighted by Gasteiger charge is -2.36. The van der Waals surface area contributed by atoms with Gasteiger partial charge >= 0.3 is 0 Å². The van der Waals surface area contributed by atoms with E-state index in [0.29, 0.717) is 0 Å². The fourth-order valence-corrected chi connectivity index (χ4v) is 1.26. The summed E-state index contributed by atoms with van der Waals surface area (Å²) in [6.45, 7) is 10.4. The average Bonchev–Trinajstić information content (AvgIpc) is 2.23. The topological polar surface area (TPSA) is 39.1 Å². The third-order valence-corrected chi connectivity index (χ3v) is 3.15. The molecule has 3 nitrogen and oxygen atoms in total. The first kappa shape index (κ1) is 14.4. The number of nitrogens with one attached hydrogen (secondary N) is 1. The zero-order valence-corrected chi connectivity index (χ0v) is 10.8. The fourth-order valence-electron chi connectivity index (χ4n) is 1.26. The maximum absolute atomic E-state index is 9.00. The Labute approximate surface area is 94.5 Å². The first-order chi connectivity index (χ1) is 6.97. The van der Waals surface area contributed by atoms with Gasteiger partial charge in [0.25, 0.3) is 0 Å². The van der Waals surface area contributed by atoms with Crippen LogP contribution in [0, 0.1) is 11.3 Å². The lowest BCUT2D eigenvalue weighted by molar-refractivity contribution is 0.143. The number of likely N-dealkylation sites (N-methyl/N-ethyl adjacent to an activating group) is 1. The van der Waals surface area contributed by atoms with Crippen molar-refractivity contribution in [2.75, 3.05) is 20.1 Å². The summed E-state index contributed by atoms with van der Waals surface area (Å²) in [4.78, 5) is 2.25. The van der Waals surface area contributed by atoms with Crippen LogP contribution in [-0.4, -0.2) is 36.6 Å². The Morgan fingerprint density at radius 2 is 2.00 bits per heavy atom. The van der Waals surface area contributed by atoms with Gasteiger partial charge in [-0.1, -0.05) is 13.8 Å². The molecule has 1 atom stereocenters. The zero-order valence-electron chi connectivity index (χ0n) is 10.8. The summed E-state index contributed by atoms with van der Waals surface area (Å²) in [6.07, 6.45) is 2.16. The van der Waals surface area contributed by atoms with Gasteiger partial charge in [0.05, 0.1) is 6.07 Å². The Morgan fingerprint density at radius 1 is 1.40 bits per heavy atom. The van der Waals surface area contributed by atoms with Crippen LogP contribution in [0.4, 0.5) is 0 Å². The zero-order chi connectivity index (χ0) is 11.9. The second kappa shape index (κ2) is 6.81. The monoisotopic (exact) mass is 211 g/mol. The molecule has 0 aromatic carbocycles. The van der Waals surface area contributed by atoms with E-state index in [1.807, 2.05) is 0 Å². The second-order valence-corrected chi connectivity index (χ2v) is 4.68. The summed E-state index contributed by atoms with van der Waals surface area (Å²) in [7, 11) is 2.08. The summed E-state index contributed by atoms with van der Waals surface area (Å²) >= 11 is 0. The predicted octanol–water partition coefficient (Wildman–Crippen LogP) is 2.00. The summed E-state index contributed by atoms with van der Waals surface area (Å²) in [6, 6.07) is 2.26. The van der Waals surface area contributed by atoms with E-state index in [1.165, 1.54) is 0 Å². The molecule has 0 aromatic heterocycles. The van der Waals surface area contributed by atoms with E-state index >= 15 is 0 Å². The van der Waals surface area contributed by atoms with E-state index in [2.05, 4.69) is 51.0 Å². The normalized spacial score (nSPS) is 13.9. The van der Waals surface area contributed by atoms with Crippen molar-refractivity contribution in [1.29, 1.82) is 5.26 Å². The molecule has 0 bridgehead atoms. The molecule has 0 aliphatic carbocycles. The molecule has 0 fully saturated rings. The smallest absolute Gasteiger partial charge is 0.108 e. The number of hydrogen-bond donors (Lipinski definition) is 1. The first-order valence-electron chi connectivity index (χ1n) is 5.82. The molecule has 0 radical (unpaired) electrons. The molecule has 88 valence electrons. The van der Waals surface area contributed by atoms with E-state index in [4.69, 9.17) is 5.26 Å². The molecule has 0 saturated heterocycles. The maximum Gasteiger partial charge on any atom is 0.108 e. The van der Waals surface area contributed by atoms with E-state index in [1.54, 1.807) is 0 Å². The minimum atomic E-state index is -0.0548. The lowest BCUT2D eigenvalue weighted by atomic mass is 9.99. The van der Waals surface area contributed by atoms with Gasteiger partial charge in [-0.3, -0.25) is 4.90 Å². The summed E-state index contributed by atoms with van der Waals surface area (Å²) < 4.78 is 0. The van der Waals surface area contributed by atoms with Gasteiger partial charge in [-0.15, -0.1) is 0 Å². The molecule has 1 N–H and O–H groups in total. The van der Waals surface area contributed by atoms with Gasteiger partial charge in [0.2, 0.25) is 0 Å². The van der Waals surface area contributed by atoms with Crippen LogP contribution in [0.15, 0.2) is 0 Å². The van der Waals surface area contributed by atoms with E-state index in [0.717, 1.165) is 25.9 Å². The van der Waals surface area contributed by atoms with Crippen molar-refractivity contribution in [1.82, 2.24) is 10.2 Å². The fraction of sp³-hybridized carbons (Fsp3) is 0.917. The van der Waals surface area contributed by atoms with Crippen LogP contribution < -0.4 is 5.32 Å². The van der Waals surface area contributed by atoms with E-state index < -0.39 is 0 Å². The van der Waals surface area contributed by atoms with E-state index in [-0.39, 0.29) is 11.6 Å². The Morgan fingerprint density at radius 3 is 2.40 bits per heavy atom. The maximum atomic E-state index is 9.00. The minimum Gasteiger partial charge on any atom is -0.301 e. The third-order valence-electron chi connectivity index (χ3n) is 3.15. The van der Waals surface area contributed by atoms with Crippen molar-refractivity contribution in [3.63, 3.8) is 0 Å². The van der Waals surface area contributed by atoms with Gasteiger partial charge in [-0.05, 0) is 40.3 Å². The molecule has 0 aliphatic heterocycles. The summed E-state index contributed by atoms with van der Waals surface area (Å²) in [5.74, 6) is 0. The quantitative estimate of drug-likeness (QED) is 0.700. The highest BCUT2D eigenvalue weighted by atomic mass is 15.2. The van der Waals surface area contributed by atoms with Crippen LogP contribution in [-0.2, 0) is 0 Å². The van der Waals surface area contributed by atoms with Crippen LogP contribution >= 0.6 is 0 Å². The second-order valence-electron chi connectivity index (χ2n) is 4.68. The molecule has 0 spiro atoms. The van der Waals surface area contributed by atoms with Crippen molar-refractivity contribution >= 4 is 0 Å². The van der Waals surface area contributed by atoms with Crippen molar-refractivity contribution in [3.05, 3.63) is 0 Å². The summed E-state index contributed by atoms with van der Waals surface area (Å²) in [5.41, 5.74) is 0.170. The molecular formula is C12H25N3. The van der Waals surface area contributed by atoms with Crippen LogP contribution in [0.2, 0.25) is 0 Å². The Balaban J connectivity index is 4.13. The highest BCUT2D eigenvalue weighted by Gasteiger charge is 2.23. The van der Waals surface area contributed by atoms with Gasteiger partial charge in [0.15, 0.2) is 0 Å². The van der Waals surface area contributed by atoms with Crippen LogP contribution in [0.1, 0.15) is 40.5 Å². The molecule has 1 unspecified atom stereocenters. The van der Waals surface area contributed by atoms with Gasteiger partial charge in [-0.2, -0.15) is 5.26 Å². The molecule has 15 heavy (non-hydrogen) atoms. The Hall–Kier alpha value is -0.590. The van der Waals surface area contributed by atoms with Crippen LogP contribution in [0.25, 0.3) is 0 Å². The van der Waals surface area contributed by atoms with Crippen molar-refractivity contribution in [3.8, 4) is 6.07 Å². The predicted molar refractivity (Wildman–Crippen MR) is 64.7 cm³/mol. The Bertz CT molecular complexity index is 205. The van der Waals surface area contributed by atoms with Crippen LogP contribution in [0.5, 0.6) is 0 Å². The van der Waals surface area contributed by atoms with Gasteiger partial charge in [-0.25, -0.2) is 0 Å². The number of rotatable bonds is 7. The van der Waals surface area contributed by atoms with Gasteiger partial charge in [0.1, 0.15) is 6.04 Å². The highest BCUT2D eigenvalue weighted by molar-refractivity contribution is 4.93. The molecular weight excluding hydrogens is 186 g/mol. The van der Waals surface area contributed by atoms with E-state index in [9.17, 15) is 0 Å². The molecule has 0 amide bonds. The summed E-state index contributed by atoms with van der Waals surface area (Å²) in [5, 5.41) is 12.2. The molecule has 0 aliphatic rings. The Kier molecular flexibility index (Phi) is 6.55. The molecule has 0 saturated carbocycles.